The standard InChI is InChI=1S/7BH3O3.52Li.52H/c7*2-1(3)4;;;;;;;;;;;;;;;;;;;;;;;;;;;;;;;;;;;;;;;;;;;;;;;;;;;;;;;;;;;;;;;;;;;;;;;;;;;;;;;;;;;;;;;;;;;;;;;;;;;;;;;;/h7*2-4H;;;;;;;;;;;;;;;;;;;;;;;;;;;;;;;;;;;;;;;;;;;;;;;;;;;;;;;;;;;;;;;;;;;;;;;;;;;;;;;;;;;;;;;;;;;;;;;;;;;;;;;;/q;;;;;;;52*+1;52*-1. The number of rotatable bonds is 0. The summed E-state index contributed by atoms with van der Waals surface area (Å²) in [5.41, 5.74) is 0. The summed E-state index contributed by atoms with van der Waals surface area (Å²) in [6.45, 7) is 0. The van der Waals surface area contributed by atoms with Crippen molar-refractivity contribution in [2.45, 2.75) is 0 Å². The van der Waals surface area contributed by atoms with Crippen molar-refractivity contribution in [2.75, 3.05) is 0 Å². The molecule has 272 valence electrons. The van der Waals surface area contributed by atoms with Crippen LogP contribution in [0.2, 0.25) is 0 Å². The Labute approximate surface area is 1190 Å². The van der Waals surface area contributed by atoms with Crippen molar-refractivity contribution in [2.24, 2.45) is 0 Å². The molecular weight excluding hydrogens is 773 g/mol. The van der Waals surface area contributed by atoms with E-state index in [9.17, 15) is 0 Å². The van der Waals surface area contributed by atoms with E-state index in [1.54, 1.807) is 0 Å². The fourth-order valence-corrected chi connectivity index (χ4v) is 0. The Hall–Kier alpha value is 30.7. The van der Waals surface area contributed by atoms with Gasteiger partial charge in [-0.1, -0.05) is 0 Å². The zero-order chi connectivity index (χ0) is 25.0. The van der Waals surface area contributed by atoms with Gasteiger partial charge in [-0.15, -0.1) is 0 Å². The summed E-state index contributed by atoms with van der Waals surface area (Å²) in [6, 6.07) is 0. The van der Waals surface area contributed by atoms with Gasteiger partial charge in [0.25, 0.3) is 0 Å². The van der Waals surface area contributed by atoms with Gasteiger partial charge in [0.15, 0.2) is 0 Å². The Balaban J connectivity index is -0.000000000316. The molecule has 0 aromatic carbocycles. The third-order valence-electron chi connectivity index (χ3n) is 0. The zero-order valence-corrected chi connectivity index (χ0v) is 65.4. The van der Waals surface area contributed by atoms with Crippen LogP contribution in [0.5, 0.6) is 0 Å². The second-order valence-corrected chi connectivity index (χ2v) is 2.42. The average molecular weight is 846 g/mol. The molecule has 0 saturated carbocycles. The summed E-state index contributed by atoms with van der Waals surface area (Å²) in [5.74, 6) is 0. The molecule has 0 saturated heterocycles. The quantitative estimate of drug-likeness (QED) is 0.101. The first-order valence-corrected chi connectivity index (χ1v) is 5.42. The van der Waals surface area contributed by atoms with E-state index in [2.05, 4.69) is 0 Å². The number of hydrogen-bond donors (Lipinski definition) is 21. The van der Waals surface area contributed by atoms with Gasteiger partial charge in [0.05, 0.1) is 0 Å². The molecule has 80 heavy (non-hydrogen) atoms. The molecule has 21 N–H and O–H groups in total. The largest absolute Gasteiger partial charge is 1.00 e. The molecule has 0 aliphatic carbocycles. The normalized spacial score (nSPS) is 2.36. The Morgan fingerprint density at radius 3 is 0.0750 bits per heavy atom. The molecule has 0 bridgehead atoms. The van der Waals surface area contributed by atoms with E-state index in [0.717, 1.165) is 0 Å². The molecule has 0 amide bonds. The van der Waals surface area contributed by atoms with Gasteiger partial charge >= 0.3 is 1030 Å². The molecule has 0 heterocycles. The van der Waals surface area contributed by atoms with Crippen molar-refractivity contribution in [1.29, 1.82) is 0 Å². The average Bonchev–Trinajstić information content (AvgIpc) is 2.20. The van der Waals surface area contributed by atoms with Crippen molar-refractivity contribution >= 4 is 51.2 Å². The van der Waals surface area contributed by atoms with Crippen LogP contribution in [0.1, 0.15) is 74.2 Å². The van der Waals surface area contributed by atoms with Gasteiger partial charge in [-0.2, -0.15) is 0 Å². The minimum absolute atomic E-state index is 0. The van der Waals surface area contributed by atoms with Crippen LogP contribution >= 0.6 is 0 Å². The van der Waals surface area contributed by atoms with Crippen LogP contribution in [0, 0.1) is 0 Å². The fourth-order valence-electron chi connectivity index (χ4n) is 0. The SMILES string of the molecule is OB(O)O.OB(O)O.OB(O)O.OB(O)O.OB(O)O.OB(O)O.OB(O)O.[H-].[H-].[H-].[H-].[H-].[H-].[H-].[H-].[H-].[H-].[H-].[H-].[H-].[H-].[H-].[H-].[H-].[H-].[H-].[H-].[H-].[H-].[H-].[H-].[H-].[H-].[H-].[H-].[H-].[H-].[H-].[H-].[H-].[H-].[H-].[H-].[H-].[H-].[H-].[H-].[H-].[H-].[H-].[H-].[H-].[H-].[H-].[H-].[H-].[H-].[H-].[H-].[Li+].[Li+].[Li+].[Li+].[Li+].[Li+].[Li+].[Li+].[Li+].[Li+].[Li+].[Li+].[Li+].[Li+].[Li+].[Li+].[Li+].[Li+].[Li+].[Li+].[Li+].[Li+].[Li+].[Li+].[Li+].[Li+].[Li+].[Li+].[Li+].[Li+].[Li+].[Li+].[Li+].[Li+].[Li+].[Li+].[Li+].[Li+].[Li+].[Li+].[Li+].[Li+].[Li+].[Li+].[Li+].[Li+].[Li+].[Li+].[Li+].[Li+].[Li+].[Li+]. The molecule has 0 aliphatic heterocycles. The molecule has 80 heteroatoms. The van der Waals surface area contributed by atoms with Gasteiger partial charge in [0.2, 0.25) is 0 Å². The van der Waals surface area contributed by atoms with Gasteiger partial charge in [0, 0.05) is 0 Å². The van der Waals surface area contributed by atoms with Crippen LogP contribution < -0.4 is 981 Å². The molecular formula is H73B7Li52O21. The molecule has 0 rings (SSSR count). The molecule has 0 aromatic heterocycles. The maximum Gasteiger partial charge on any atom is 1.00 e. The Morgan fingerprint density at radius 1 is 0.0750 bits per heavy atom. The van der Waals surface area contributed by atoms with Crippen molar-refractivity contribution in [3.05, 3.63) is 0 Å². The summed E-state index contributed by atoms with van der Waals surface area (Å²) in [6.07, 6.45) is 0. The van der Waals surface area contributed by atoms with E-state index in [4.69, 9.17) is 106 Å². The van der Waals surface area contributed by atoms with Crippen LogP contribution in [-0.4, -0.2) is 157 Å². The van der Waals surface area contributed by atoms with E-state index in [1.165, 1.54) is 0 Å². The smallest absolute Gasteiger partial charge is 1.00 e. The molecule has 0 fully saturated rings. The van der Waals surface area contributed by atoms with Crippen molar-refractivity contribution in [1.82, 2.24) is 0 Å². The van der Waals surface area contributed by atoms with Gasteiger partial charge in [0.1, 0.15) is 0 Å². The maximum atomic E-state index is 7.17. The first-order chi connectivity index (χ1) is 12.1. The molecule has 0 spiro atoms. The summed E-state index contributed by atoms with van der Waals surface area (Å²) >= 11 is 0. The van der Waals surface area contributed by atoms with Gasteiger partial charge in [-0.3, -0.25) is 0 Å². The first-order valence-electron chi connectivity index (χ1n) is 5.42. The Kier molecular flexibility index (Phi) is 3020. The van der Waals surface area contributed by atoms with E-state index in [0.29, 0.717) is 0 Å². The second-order valence-electron chi connectivity index (χ2n) is 2.42. The summed E-state index contributed by atoms with van der Waals surface area (Å²) in [7, 11) is -15.2. The maximum absolute atomic E-state index is 7.17. The second kappa shape index (κ2) is 485. The third-order valence-corrected chi connectivity index (χ3v) is 0. The van der Waals surface area contributed by atoms with Gasteiger partial charge < -0.3 is 180 Å². The van der Waals surface area contributed by atoms with E-state index in [1.807, 2.05) is 0 Å². The molecule has 0 radical (unpaired) electrons. The minimum Gasteiger partial charge on any atom is -1.00 e. The van der Waals surface area contributed by atoms with Crippen molar-refractivity contribution in [3.8, 4) is 0 Å². The van der Waals surface area contributed by atoms with E-state index < -0.39 is 51.2 Å². The van der Waals surface area contributed by atoms with Crippen molar-refractivity contribution < 1.29 is 1160 Å². The topological polar surface area (TPSA) is 425 Å². The Morgan fingerprint density at radius 2 is 0.0750 bits per heavy atom. The molecule has 21 nitrogen and oxygen atoms in total. The first kappa shape index (κ1) is 499. The molecule has 0 aromatic rings. The minimum atomic E-state index is -2.17. The van der Waals surface area contributed by atoms with Crippen LogP contribution in [0.3, 0.4) is 0 Å². The van der Waals surface area contributed by atoms with Crippen LogP contribution in [0.15, 0.2) is 0 Å². The summed E-state index contributed by atoms with van der Waals surface area (Å²) in [5, 5.41) is 150. The monoisotopic (exact) mass is 851 g/mol. The van der Waals surface area contributed by atoms with E-state index in [-0.39, 0.29) is 1050 Å². The van der Waals surface area contributed by atoms with Crippen molar-refractivity contribution in [3.63, 3.8) is 0 Å². The summed E-state index contributed by atoms with van der Waals surface area (Å²) in [4.78, 5) is 0. The predicted octanol–water partition coefficient (Wildman–Crippen LogP) is -164. The molecule has 0 aliphatic rings. The third kappa shape index (κ3) is 1340. The van der Waals surface area contributed by atoms with Crippen LogP contribution in [0.4, 0.5) is 0 Å². The van der Waals surface area contributed by atoms with Crippen LogP contribution in [0.25, 0.3) is 0 Å². The predicted molar refractivity (Wildman–Crippen MR) is 145 cm³/mol. The van der Waals surface area contributed by atoms with Crippen LogP contribution in [-0.2, 0) is 0 Å². The Bertz CT molecular complexity index is 317. The van der Waals surface area contributed by atoms with Gasteiger partial charge in [-0.25, -0.2) is 0 Å². The molecule has 0 unspecified atom stereocenters. The molecule has 0 atom stereocenters. The fraction of sp³-hybridized carbons (Fsp3) is 0. The summed E-state index contributed by atoms with van der Waals surface area (Å²) < 4.78 is 0. The zero-order valence-electron chi connectivity index (χ0n) is 117. The van der Waals surface area contributed by atoms with E-state index >= 15 is 0 Å². The van der Waals surface area contributed by atoms with Gasteiger partial charge in [-0.05, 0) is 0 Å². The number of hydrogen-bond acceptors (Lipinski definition) is 21.